The summed E-state index contributed by atoms with van der Waals surface area (Å²) in [7, 11) is 0. The van der Waals surface area contributed by atoms with E-state index in [2.05, 4.69) is 45.0 Å². The van der Waals surface area contributed by atoms with Gasteiger partial charge in [0.1, 0.15) is 0 Å². The molecule has 1 saturated carbocycles. The zero-order valence-corrected chi connectivity index (χ0v) is 9.96. The highest BCUT2D eigenvalue weighted by atomic mass is 14.7. The van der Waals surface area contributed by atoms with Crippen LogP contribution in [0, 0.1) is 0 Å². The Hall–Kier alpha value is -0.820. The second-order valence-electron chi connectivity index (χ2n) is 5.22. The normalized spacial score (nSPS) is 20.3. The Morgan fingerprint density at radius 1 is 1.07 bits per heavy atom. The lowest BCUT2D eigenvalue weighted by molar-refractivity contribution is 0.556. The molecule has 2 N–H and O–H groups in total. The Bertz CT molecular complexity index is 331. The highest BCUT2D eigenvalue weighted by molar-refractivity contribution is 5.36. The molecule has 1 aromatic carbocycles. The summed E-state index contributed by atoms with van der Waals surface area (Å²) in [5, 5.41) is 0. The van der Waals surface area contributed by atoms with Crippen LogP contribution in [-0.2, 0) is 5.41 Å². The van der Waals surface area contributed by atoms with Crippen LogP contribution in [0.5, 0.6) is 0 Å². The average Bonchev–Trinajstić information content (AvgIpc) is 2.98. The molecule has 0 amide bonds. The summed E-state index contributed by atoms with van der Waals surface area (Å²) >= 11 is 0. The SMILES string of the molecule is CC(C)c1ccc(C2(C(C)N)CC2)cc1. The van der Waals surface area contributed by atoms with E-state index in [0.29, 0.717) is 11.3 Å². The van der Waals surface area contributed by atoms with Gasteiger partial charge < -0.3 is 5.73 Å². The van der Waals surface area contributed by atoms with E-state index >= 15 is 0 Å². The first-order valence-corrected chi connectivity index (χ1v) is 5.92. The van der Waals surface area contributed by atoms with Crippen molar-refractivity contribution in [3.05, 3.63) is 35.4 Å². The monoisotopic (exact) mass is 203 g/mol. The molecule has 0 heterocycles. The molecule has 0 aliphatic heterocycles. The van der Waals surface area contributed by atoms with E-state index in [-0.39, 0.29) is 6.04 Å². The van der Waals surface area contributed by atoms with Crippen LogP contribution in [0.3, 0.4) is 0 Å². The standard InChI is InChI=1S/C14H21N/c1-10(2)12-4-6-13(7-5-12)14(8-9-14)11(3)15/h4-7,10-11H,8-9,15H2,1-3H3. The zero-order valence-electron chi connectivity index (χ0n) is 9.96. The van der Waals surface area contributed by atoms with Crippen molar-refractivity contribution in [3.8, 4) is 0 Å². The van der Waals surface area contributed by atoms with Crippen molar-refractivity contribution in [2.45, 2.75) is 51.0 Å². The van der Waals surface area contributed by atoms with Crippen LogP contribution in [0.15, 0.2) is 24.3 Å². The van der Waals surface area contributed by atoms with Crippen LogP contribution in [0.4, 0.5) is 0 Å². The number of nitrogens with two attached hydrogens (primary N) is 1. The maximum Gasteiger partial charge on any atom is 0.0108 e. The largest absolute Gasteiger partial charge is 0.327 e. The van der Waals surface area contributed by atoms with Gasteiger partial charge in [0.2, 0.25) is 0 Å². The summed E-state index contributed by atoms with van der Waals surface area (Å²) < 4.78 is 0. The molecule has 2 rings (SSSR count). The maximum atomic E-state index is 6.06. The lowest BCUT2D eigenvalue weighted by atomic mass is 9.88. The van der Waals surface area contributed by atoms with Gasteiger partial charge in [-0.2, -0.15) is 0 Å². The summed E-state index contributed by atoms with van der Waals surface area (Å²) in [5.74, 6) is 0.615. The molecule has 0 radical (unpaired) electrons. The molecule has 0 bridgehead atoms. The summed E-state index contributed by atoms with van der Waals surface area (Å²) in [4.78, 5) is 0. The Labute approximate surface area is 92.7 Å². The van der Waals surface area contributed by atoms with Crippen molar-refractivity contribution in [2.75, 3.05) is 0 Å². The van der Waals surface area contributed by atoms with E-state index in [9.17, 15) is 0 Å². The molecular formula is C14H21N. The van der Waals surface area contributed by atoms with Crippen LogP contribution in [0.25, 0.3) is 0 Å². The Balaban J connectivity index is 2.24. The molecule has 82 valence electrons. The molecule has 0 aromatic heterocycles. The second kappa shape index (κ2) is 3.64. The fraction of sp³-hybridized carbons (Fsp3) is 0.571. The number of hydrogen-bond acceptors (Lipinski definition) is 1. The number of rotatable bonds is 3. The van der Waals surface area contributed by atoms with Crippen LogP contribution >= 0.6 is 0 Å². The van der Waals surface area contributed by atoms with E-state index in [1.165, 1.54) is 24.0 Å². The van der Waals surface area contributed by atoms with Gasteiger partial charge in [-0.25, -0.2) is 0 Å². The van der Waals surface area contributed by atoms with Crippen molar-refractivity contribution >= 4 is 0 Å². The van der Waals surface area contributed by atoms with Crippen LogP contribution in [0.2, 0.25) is 0 Å². The summed E-state index contributed by atoms with van der Waals surface area (Å²) in [6.45, 7) is 6.59. The van der Waals surface area contributed by atoms with Gasteiger partial charge in [0.25, 0.3) is 0 Å². The van der Waals surface area contributed by atoms with E-state index in [0.717, 1.165) is 0 Å². The maximum absolute atomic E-state index is 6.06. The highest BCUT2D eigenvalue weighted by Crippen LogP contribution is 2.50. The van der Waals surface area contributed by atoms with Crippen molar-refractivity contribution in [2.24, 2.45) is 5.73 Å². The van der Waals surface area contributed by atoms with Gasteiger partial charge in [0.05, 0.1) is 0 Å². The third-order valence-corrected chi connectivity index (χ3v) is 3.81. The first kappa shape index (κ1) is 10.7. The van der Waals surface area contributed by atoms with Crippen LogP contribution in [-0.4, -0.2) is 6.04 Å². The molecule has 1 heteroatoms. The Kier molecular flexibility index (Phi) is 2.59. The van der Waals surface area contributed by atoms with Crippen LogP contribution < -0.4 is 5.73 Å². The Morgan fingerprint density at radius 2 is 1.60 bits per heavy atom. The minimum Gasteiger partial charge on any atom is -0.327 e. The molecule has 1 aliphatic carbocycles. The van der Waals surface area contributed by atoms with Crippen molar-refractivity contribution in [3.63, 3.8) is 0 Å². The van der Waals surface area contributed by atoms with Gasteiger partial charge in [-0.15, -0.1) is 0 Å². The molecule has 1 aromatic rings. The molecule has 15 heavy (non-hydrogen) atoms. The van der Waals surface area contributed by atoms with Gasteiger partial charge in [0.15, 0.2) is 0 Å². The molecule has 1 nitrogen and oxygen atoms in total. The Morgan fingerprint density at radius 3 is 1.93 bits per heavy atom. The summed E-state index contributed by atoms with van der Waals surface area (Å²) in [6, 6.07) is 9.32. The third kappa shape index (κ3) is 1.81. The van der Waals surface area contributed by atoms with Crippen molar-refractivity contribution in [1.82, 2.24) is 0 Å². The number of benzene rings is 1. The van der Waals surface area contributed by atoms with E-state index in [1.54, 1.807) is 0 Å². The average molecular weight is 203 g/mol. The fourth-order valence-electron chi connectivity index (χ4n) is 2.34. The lowest BCUT2D eigenvalue weighted by Crippen LogP contribution is -2.31. The highest BCUT2D eigenvalue weighted by Gasteiger charge is 2.47. The van der Waals surface area contributed by atoms with Gasteiger partial charge in [-0.1, -0.05) is 38.1 Å². The zero-order chi connectivity index (χ0) is 11.1. The minimum absolute atomic E-state index is 0.280. The smallest absolute Gasteiger partial charge is 0.0108 e. The van der Waals surface area contributed by atoms with E-state index < -0.39 is 0 Å². The predicted octanol–water partition coefficient (Wildman–Crippen LogP) is 3.19. The van der Waals surface area contributed by atoms with Crippen LogP contribution in [0.1, 0.15) is 50.7 Å². The molecule has 0 saturated heterocycles. The van der Waals surface area contributed by atoms with E-state index in [4.69, 9.17) is 5.73 Å². The van der Waals surface area contributed by atoms with Gasteiger partial charge in [-0.3, -0.25) is 0 Å². The number of hydrogen-bond donors (Lipinski definition) is 1. The van der Waals surface area contributed by atoms with E-state index in [1.807, 2.05) is 0 Å². The predicted molar refractivity (Wildman–Crippen MR) is 65.1 cm³/mol. The van der Waals surface area contributed by atoms with Gasteiger partial charge in [0, 0.05) is 11.5 Å². The van der Waals surface area contributed by atoms with Crippen molar-refractivity contribution in [1.29, 1.82) is 0 Å². The summed E-state index contributed by atoms with van der Waals surface area (Å²) in [5.41, 5.74) is 9.21. The molecule has 1 aliphatic rings. The van der Waals surface area contributed by atoms with Gasteiger partial charge >= 0.3 is 0 Å². The topological polar surface area (TPSA) is 26.0 Å². The summed E-state index contributed by atoms with van der Waals surface area (Å²) in [6.07, 6.45) is 2.51. The quantitative estimate of drug-likeness (QED) is 0.802. The molecular weight excluding hydrogens is 182 g/mol. The molecule has 1 atom stereocenters. The molecule has 0 spiro atoms. The third-order valence-electron chi connectivity index (χ3n) is 3.81. The fourth-order valence-corrected chi connectivity index (χ4v) is 2.34. The second-order valence-corrected chi connectivity index (χ2v) is 5.22. The van der Waals surface area contributed by atoms with Crippen molar-refractivity contribution < 1.29 is 0 Å². The first-order chi connectivity index (χ1) is 7.06. The minimum atomic E-state index is 0.280. The molecule has 1 fully saturated rings. The van der Waals surface area contributed by atoms with Gasteiger partial charge in [-0.05, 0) is 36.8 Å². The first-order valence-electron chi connectivity index (χ1n) is 5.92. The lowest BCUT2D eigenvalue weighted by Gasteiger charge is -2.20. The molecule has 1 unspecified atom stereocenters.